The molecule has 0 aliphatic carbocycles. The lowest BCUT2D eigenvalue weighted by Gasteiger charge is -2.25. The van der Waals surface area contributed by atoms with Crippen LogP contribution in [0.4, 0.5) is 0 Å². The zero-order chi connectivity index (χ0) is 22.1. The topological polar surface area (TPSA) is 90.7 Å². The van der Waals surface area contributed by atoms with Crippen molar-refractivity contribution in [2.45, 2.75) is 26.4 Å². The zero-order valence-electron chi connectivity index (χ0n) is 17.2. The molecule has 156 valence electrons. The molecule has 1 aliphatic heterocycles. The molecule has 6 nitrogen and oxygen atoms in total. The minimum Gasteiger partial charge on any atom is -0.508 e. The van der Waals surface area contributed by atoms with Crippen molar-refractivity contribution in [3.05, 3.63) is 100 Å². The Hall–Kier alpha value is -3.93. The molecule has 2 heterocycles. The molecule has 1 fully saturated rings. The van der Waals surface area contributed by atoms with Crippen molar-refractivity contribution >= 4 is 17.4 Å². The van der Waals surface area contributed by atoms with Crippen molar-refractivity contribution in [3.8, 4) is 5.75 Å². The van der Waals surface area contributed by atoms with Crippen LogP contribution < -0.4 is 0 Å². The average molecular weight is 414 g/mol. The van der Waals surface area contributed by atoms with E-state index in [0.717, 1.165) is 11.1 Å². The van der Waals surface area contributed by atoms with Gasteiger partial charge in [0, 0.05) is 11.8 Å². The van der Waals surface area contributed by atoms with Gasteiger partial charge in [0.1, 0.15) is 11.5 Å². The van der Waals surface area contributed by atoms with Crippen LogP contribution >= 0.6 is 0 Å². The highest BCUT2D eigenvalue weighted by Crippen LogP contribution is 2.41. The standard InChI is InChI=1S/C25H22N2O4/c1-15-9-10-16(2)20(12-15)23(29)21-22(17-6-5-8-19(28)13-17)27(25(31)24(21)30)14-18-7-3-4-11-26-18/h3-13,22,28-29H,14H2,1-2H3/b23-21+. The van der Waals surface area contributed by atoms with E-state index in [2.05, 4.69) is 4.98 Å². The number of aliphatic hydroxyl groups is 1. The number of aromatic nitrogens is 1. The Bertz CT molecular complexity index is 1200. The first-order valence-electron chi connectivity index (χ1n) is 9.91. The van der Waals surface area contributed by atoms with Gasteiger partial charge >= 0.3 is 0 Å². The number of likely N-dealkylation sites (tertiary alicyclic amines) is 1. The molecule has 1 saturated heterocycles. The minimum atomic E-state index is -0.853. The third-order valence-electron chi connectivity index (χ3n) is 5.43. The van der Waals surface area contributed by atoms with E-state index in [-0.39, 0.29) is 23.6 Å². The number of amides is 1. The SMILES string of the molecule is Cc1ccc(C)c(/C(O)=C2\C(=O)C(=O)N(Cc3ccccn3)C2c2cccc(O)c2)c1. The molecule has 0 bridgehead atoms. The van der Waals surface area contributed by atoms with Crippen LogP contribution in [0.15, 0.2) is 72.4 Å². The molecule has 1 amide bonds. The molecule has 2 aromatic carbocycles. The van der Waals surface area contributed by atoms with Crippen LogP contribution in [0.5, 0.6) is 5.75 Å². The first-order valence-corrected chi connectivity index (χ1v) is 9.91. The molecular formula is C25H22N2O4. The van der Waals surface area contributed by atoms with E-state index in [1.54, 1.807) is 42.6 Å². The Morgan fingerprint density at radius 1 is 1.03 bits per heavy atom. The lowest BCUT2D eigenvalue weighted by molar-refractivity contribution is -0.140. The number of phenolic OH excluding ortho intramolecular Hbond substituents is 1. The number of phenols is 1. The zero-order valence-corrected chi connectivity index (χ0v) is 17.2. The summed E-state index contributed by atoms with van der Waals surface area (Å²) >= 11 is 0. The summed E-state index contributed by atoms with van der Waals surface area (Å²) in [6.07, 6.45) is 1.62. The molecule has 0 spiro atoms. The van der Waals surface area contributed by atoms with Gasteiger partial charge in [0.25, 0.3) is 11.7 Å². The summed E-state index contributed by atoms with van der Waals surface area (Å²) < 4.78 is 0. The predicted molar refractivity (Wildman–Crippen MR) is 116 cm³/mol. The van der Waals surface area contributed by atoms with Gasteiger partial charge in [-0.3, -0.25) is 14.6 Å². The van der Waals surface area contributed by atoms with Crippen LogP contribution in [0.25, 0.3) is 5.76 Å². The van der Waals surface area contributed by atoms with E-state index >= 15 is 0 Å². The molecule has 0 saturated carbocycles. The largest absolute Gasteiger partial charge is 0.508 e. The summed E-state index contributed by atoms with van der Waals surface area (Å²) in [5, 5.41) is 21.2. The Labute approximate surface area is 180 Å². The average Bonchev–Trinajstić information content (AvgIpc) is 3.00. The summed E-state index contributed by atoms with van der Waals surface area (Å²) in [5.41, 5.74) is 3.35. The van der Waals surface area contributed by atoms with Crippen LogP contribution in [0, 0.1) is 13.8 Å². The lowest BCUT2D eigenvalue weighted by atomic mass is 9.93. The Balaban J connectivity index is 1.91. The van der Waals surface area contributed by atoms with Gasteiger partial charge in [-0.1, -0.05) is 35.9 Å². The van der Waals surface area contributed by atoms with Crippen molar-refractivity contribution < 1.29 is 19.8 Å². The van der Waals surface area contributed by atoms with Crippen LogP contribution in [0.3, 0.4) is 0 Å². The number of benzene rings is 2. The van der Waals surface area contributed by atoms with Crippen LogP contribution in [-0.4, -0.2) is 31.8 Å². The van der Waals surface area contributed by atoms with Gasteiger partial charge in [-0.25, -0.2) is 0 Å². The molecule has 4 rings (SSSR count). The number of pyridine rings is 1. The van der Waals surface area contributed by atoms with Crippen molar-refractivity contribution in [3.63, 3.8) is 0 Å². The smallest absolute Gasteiger partial charge is 0.296 e. The minimum absolute atomic E-state index is 0.000214. The molecule has 31 heavy (non-hydrogen) atoms. The molecule has 1 aromatic heterocycles. The second-order valence-corrected chi connectivity index (χ2v) is 7.66. The number of hydrogen-bond acceptors (Lipinski definition) is 5. The van der Waals surface area contributed by atoms with Gasteiger partial charge in [0.2, 0.25) is 0 Å². The van der Waals surface area contributed by atoms with Gasteiger partial charge in [-0.05, 0) is 55.3 Å². The van der Waals surface area contributed by atoms with Crippen molar-refractivity contribution in [1.82, 2.24) is 9.88 Å². The maximum atomic E-state index is 13.1. The fourth-order valence-electron chi connectivity index (χ4n) is 3.89. The van der Waals surface area contributed by atoms with E-state index in [0.29, 0.717) is 16.8 Å². The summed E-state index contributed by atoms with van der Waals surface area (Å²) in [7, 11) is 0. The number of carbonyl (C=O) groups excluding carboxylic acids is 2. The van der Waals surface area contributed by atoms with Crippen LogP contribution in [0.1, 0.15) is 34.0 Å². The van der Waals surface area contributed by atoms with Crippen LogP contribution in [-0.2, 0) is 16.1 Å². The Morgan fingerprint density at radius 2 is 1.84 bits per heavy atom. The summed E-state index contributed by atoms with van der Waals surface area (Å²) in [5.74, 6) is -1.70. The van der Waals surface area contributed by atoms with Gasteiger partial charge in [-0.2, -0.15) is 0 Å². The van der Waals surface area contributed by atoms with Gasteiger partial charge < -0.3 is 15.1 Å². The van der Waals surface area contributed by atoms with Gasteiger partial charge in [0.05, 0.1) is 23.9 Å². The van der Waals surface area contributed by atoms with E-state index in [1.165, 1.54) is 17.0 Å². The molecular weight excluding hydrogens is 392 g/mol. The molecule has 1 aliphatic rings. The molecule has 6 heteroatoms. The number of Topliss-reactive ketones (excluding diaryl/α,β-unsaturated/α-hetero) is 1. The predicted octanol–water partition coefficient (Wildman–Crippen LogP) is 4.03. The van der Waals surface area contributed by atoms with E-state index < -0.39 is 17.7 Å². The summed E-state index contributed by atoms with van der Waals surface area (Å²) in [6, 6.07) is 16.4. The first-order chi connectivity index (χ1) is 14.9. The fourth-order valence-corrected chi connectivity index (χ4v) is 3.89. The third-order valence-corrected chi connectivity index (χ3v) is 5.43. The highest BCUT2D eigenvalue weighted by atomic mass is 16.3. The molecule has 3 aromatic rings. The number of aliphatic hydroxyl groups excluding tert-OH is 1. The molecule has 0 radical (unpaired) electrons. The van der Waals surface area contributed by atoms with Crippen molar-refractivity contribution in [2.24, 2.45) is 0 Å². The Morgan fingerprint density at radius 3 is 2.55 bits per heavy atom. The van der Waals surface area contributed by atoms with Crippen molar-refractivity contribution in [1.29, 1.82) is 0 Å². The second-order valence-electron chi connectivity index (χ2n) is 7.66. The molecule has 1 atom stereocenters. The van der Waals surface area contributed by atoms with E-state index in [9.17, 15) is 19.8 Å². The highest BCUT2D eigenvalue weighted by Gasteiger charge is 2.46. The Kier molecular flexibility index (Phi) is 5.29. The van der Waals surface area contributed by atoms with Crippen LogP contribution in [0.2, 0.25) is 0 Å². The maximum Gasteiger partial charge on any atom is 0.296 e. The maximum absolute atomic E-state index is 13.1. The summed E-state index contributed by atoms with van der Waals surface area (Å²) in [4.78, 5) is 31.8. The lowest BCUT2D eigenvalue weighted by Crippen LogP contribution is -2.29. The number of rotatable bonds is 4. The number of nitrogens with zero attached hydrogens (tertiary/aromatic N) is 2. The number of carbonyl (C=O) groups is 2. The number of aryl methyl sites for hydroxylation is 2. The summed E-state index contributed by atoms with van der Waals surface area (Å²) in [6.45, 7) is 3.82. The molecule has 1 unspecified atom stereocenters. The number of aromatic hydroxyl groups is 1. The van der Waals surface area contributed by atoms with Gasteiger partial charge in [0.15, 0.2) is 0 Å². The monoisotopic (exact) mass is 414 g/mol. The third kappa shape index (κ3) is 3.80. The quantitative estimate of drug-likeness (QED) is 0.382. The second kappa shape index (κ2) is 8.07. The fraction of sp³-hybridized carbons (Fsp3) is 0.160. The normalized spacial score (nSPS) is 17.9. The van der Waals surface area contributed by atoms with E-state index in [1.807, 2.05) is 26.0 Å². The first kappa shape index (κ1) is 20.3. The number of hydrogen-bond donors (Lipinski definition) is 2. The highest BCUT2D eigenvalue weighted by molar-refractivity contribution is 6.46. The van der Waals surface area contributed by atoms with Crippen molar-refractivity contribution in [2.75, 3.05) is 0 Å². The number of ketones is 1. The van der Waals surface area contributed by atoms with Gasteiger partial charge in [-0.15, -0.1) is 0 Å². The molecule has 2 N–H and O–H groups in total. The van der Waals surface area contributed by atoms with E-state index in [4.69, 9.17) is 0 Å².